The average Bonchev–Trinajstić information content (AvgIpc) is 2.74. The SMILES string of the molecule is CN(C)Cc1ccc([C@H]2CC[C@H](OC(=O)c3ccc4ccccc4c3)CC2)cc1. The lowest BCUT2D eigenvalue weighted by molar-refractivity contribution is 0.0195. The third-order valence-corrected chi connectivity index (χ3v) is 5.88. The van der Waals surface area contributed by atoms with Gasteiger partial charge in [-0.05, 0) is 79.7 Å². The Morgan fingerprint density at radius 1 is 0.897 bits per heavy atom. The van der Waals surface area contributed by atoms with E-state index in [0.717, 1.165) is 43.0 Å². The standard InChI is InChI=1S/C26H29NO2/c1-27(2)18-19-7-9-21(10-8-19)22-13-15-25(16-14-22)29-26(28)24-12-11-20-5-3-4-6-23(20)17-24/h3-12,17,22,25H,13-16,18H2,1-2H3/t22-,25-. The number of hydrogen-bond donors (Lipinski definition) is 0. The molecule has 4 rings (SSSR count). The molecule has 0 aliphatic heterocycles. The smallest absolute Gasteiger partial charge is 0.338 e. The quantitative estimate of drug-likeness (QED) is 0.519. The molecule has 0 heterocycles. The van der Waals surface area contributed by atoms with E-state index in [4.69, 9.17) is 4.74 Å². The molecule has 29 heavy (non-hydrogen) atoms. The Hall–Kier alpha value is -2.65. The molecule has 3 aromatic carbocycles. The molecule has 0 aromatic heterocycles. The number of nitrogens with zero attached hydrogens (tertiary/aromatic N) is 1. The second-order valence-corrected chi connectivity index (χ2v) is 8.42. The molecule has 0 saturated heterocycles. The number of fused-ring (bicyclic) bond motifs is 1. The lowest BCUT2D eigenvalue weighted by atomic mass is 9.82. The summed E-state index contributed by atoms with van der Waals surface area (Å²) < 4.78 is 5.83. The number of hydrogen-bond acceptors (Lipinski definition) is 3. The van der Waals surface area contributed by atoms with Gasteiger partial charge in [0.2, 0.25) is 0 Å². The van der Waals surface area contributed by atoms with Gasteiger partial charge in [-0.15, -0.1) is 0 Å². The number of carbonyl (C=O) groups excluding carboxylic acids is 1. The minimum absolute atomic E-state index is 0.0261. The largest absolute Gasteiger partial charge is 0.459 e. The predicted molar refractivity (Wildman–Crippen MR) is 118 cm³/mol. The molecule has 1 fully saturated rings. The van der Waals surface area contributed by atoms with Crippen LogP contribution in [0.3, 0.4) is 0 Å². The highest BCUT2D eigenvalue weighted by Crippen LogP contribution is 2.34. The summed E-state index contributed by atoms with van der Waals surface area (Å²) in [5.41, 5.74) is 3.39. The zero-order valence-corrected chi connectivity index (χ0v) is 17.3. The molecule has 3 heteroatoms. The van der Waals surface area contributed by atoms with Crippen LogP contribution in [0.1, 0.15) is 53.1 Å². The second-order valence-electron chi connectivity index (χ2n) is 8.42. The minimum atomic E-state index is -0.202. The van der Waals surface area contributed by atoms with Gasteiger partial charge >= 0.3 is 5.97 Å². The summed E-state index contributed by atoms with van der Waals surface area (Å²) in [6, 6.07) is 22.9. The molecule has 0 bridgehead atoms. The Bertz CT molecular complexity index is 969. The third-order valence-electron chi connectivity index (χ3n) is 5.88. The minimum Gasteiger partial charge on any atom is -0.459 e. The summed E-state index contributed by atoms with van der Waals surface area (Å²) in [5.74, 6) is 0.367. The van der Waals surface area contributed by atoms with Crippen molar-refractivity contribution in [2.24, 2.45) is 0 Å². The molecular weight excluding hydrogens is 358 g/mol. The summed E-state index contributed by atoms with van der Waals surface area (Å²) >= 11 is 0. The monoisotopic (exact) mass is 387 g/mol. The zero-order valence-electron chi connectivity index (χ0n) is 17.3. The first-order chi connectivity index (χ1) is 14.1. The normalized spacial score (nSPS) is 19.4. The van der Waals surface area contributed by atoms with Crippen molar-refractivity contribution in [1.29, 1.82) is 0 Å². The van der Waals surface area contributed by atoms with E-state index in [2.05, 4.69) is 49.3 Å². The van der Waals surface area contributed by atoms with E-state index in [9.17, 15) is 4.79 Å². The highest BCUT2D eigenvalue weighted by molar-refractivity contribution is 5.95. The van der Waals surface area contributed by atoms with Crippen LogP contribution in [0.2, 0.25) is 0 Å². The van der Waals surface area contributed by atoms with Crippen molar-refractivity contribution >= 4 is 16.7 Å². The van der Waals surface area contributed by atoms with Crippen molar-refractivity contribution in [3.05, 3.63) is 83.4 Å². The van der Waals surface area contributed by atoms with Gasteiger partial charge in [-0.3, -0.25) is 0 Å². The first-order valence-corrected chi connectivity index (χ1v) is 10.5. The average molecular weight is 388 g/mol. The molecule has 3 aromatic rings. The van der Waals surface area contributed by atoms with Crippen molar-refractivity contribution in [3.8, 4) is 0 Å². The van der Waals surface area contributed by atoms with Crippen molar-refractivity contribution in [2.45, 2.75) is 44.2 Å². The maximum absolute atomic E-state index is 12.6. The molecule has 0 N–H and O–H groups in total. The van der Waals surface area contributed by atoms with Gasteiger partial charge in [-0.25, -0.2) is 4.79 Å². The predicted octanol–water partition coefficient (Wildman–Crippen LogP) is 5.78. The Morgan fingerprint density at radius 2 is 1.59 bits per heavy atom. The van der Waals surface area contributed by atoms with Crippen LogP contribution in [-0.2, 0) is 11.3 Å². The molecule has 150 valence electrons. The molecule has 1 aliphatic carbocycles. The maximum atomic E-state index is 12.6. The van der Waals surface area contributed by atoms with Gasteiger partial charge < -0.3 is 9.64 Å². The van der Waals surface area contributed by atoms with Crippen LogP contribution in [0, 0.1) is 0 Å². The lowest BCUT2D eigenvalue weighted by Crippen LogP contribution is -2.24. The Morgan fingerprint density at radius 3 is 2.28 bits per heavy atom. The molecule has 0 unspecified atom stereocenters. The van der Waals surface area contributed by atoms with Crippen LogP contribution in [0.5, 0.6) is 0 Å². The molecule has 1 saturated carbocycles. The number of rotatable bonds is 5. The Labute approximate surface area is 173 Å². The highest BCUT2D eigenvalue weighted by Gasteiger charge is 2.25. The third kappa shape index (κ3) is 4.86. The number of esters is 1. The maximum Gasteiger partial charge on any atom is 0.338 e. The van der Waals surface area contributed by atoms with E-state index in [-0.39, 0.29) is 12.1 Å². The van der Waals surface area contributed by atoms with Crippen LogP contribution in [-0.4, -0.2) is 31.1 Å². The summed E-state index contributed by atoms with van der Waals surface area (Å²) in [7, 11) is 4.18. The fourth-order valence-electron chi connectivity index (χ4n) is 4.31. The fourth-order valence-corrected chi connectivity index (χ4v) is 4.31. The summed E-state index contributed by atoms with van der Waals surface area (Å²) in [4.78, 5) is 14.8. The molecule has 0 amide bonds. The molecule has 3 nitrogen and oxygen atoms in total. The number of carbonyl (C=O) groups is 1. The van der Waals surface area contributed by atoms with E-state index in [1.54, 1.807) is 0 Å². The molecule has 0 atom stereocenters. The van der Waals surface area contributed by atoms with Crippen LogP contribution < -0.4 is 0 Å². The van der Waals surface area contributed by atoms with E-state index in [0.29, 0.717) is 11.5 Å². The molecule has 0 spiro atoms. The van der Waals surface area contributed by atoms with Crippen LogP contribution in [0.4, 0.5) is 0 Å². The van der Waals surface area contributed by atoms with Crippen LogP contribution in [0.15, 0.2) is 66.7 Å². The lowest BCUT2D eigenvalue weighted by Gasteiger charge is -2.28. The Balaban J connectivity index is 1.32. The van der Waals surface area contributed by atoms with Gasteiger partial charge in [-0.1, -0.05) is 54.6 Å². The molecule has 1 aliphatic rings. The molecule has 0 radical (unpaired) electrons. The van der Waals surface area contributed by atoms with E-state index in [1.165, 1.54) is 11.1 Å². The van der Waals surface area contributed by atoms with Gasteiger partial charge in [0, 0.05) is 6.54 Å². The zero-order chi connectivity index (χ0) is 20.2. The molecular formula is C26H29NO2. The van der Waals surface area contributed by atoms with Gasteiger partial charge in [0.25, 0.3) is 0 Å². The van der Waals surface area contributed by atoms with E-state index >= 15 is 0 Å². The Kier molecular flexibility index (Phi) is 5.96. The fraction of sp³-hybridized carbons (Fsp3) is 0.346. The first kappa shape index (κ1) is 19.7. The summed E-state index contributed by atoms with van der Waals surface area (Å²) in [6.45, 7) is 0.970. The van der Waals surface area contributed by atoms with Gasteiger partial charge in [0.1, 0.15) is 6.10 Å². The summed E-state index contributed by atoms with van der Waals surface area (Å²) in [6.07, 6.45) is 4.04. The first-order valence-electron chi connectivity index (χ1n) is 10.5. The van der Waals surface area contributed by atoms with Crippen LogP contribution >= 0.6 is 0 Å². The highest BCUT2D eigenvalue weighted by atomic mass is 16.5. The second kappa shape index (κ2) is 8.79. The van der Waals surface area contributed by atoms with Crippen molar-refractivity contribution in [1.82, 2.24) is 4.90 Å². The van der Waals surface area contributed by atoms with E-state index in [1.807, 2.05) is 36.4 Å². The van der Waals surface area contributed by atoms with E-state index < -0.39 is 0 Å². The topological polar surface area (TPSA) is 29.5 Å². The van der Waals surface area contributed by atoms with Gasteiger partial charge in [-0.2, -0.15) is 0 Å². The van der Waals surface area contributed by atoms with Crippen molar-refractivity contribution < 1.29 is 9.53 Å². The van der Waals surface area contributed by atoms with Gasteiger partial charge in [0.15, 0.2) is 0 Å². The van der Waals surface area contributed by atoms with Crippen molar-refractivity contribution in [2.75, 3.05) is 14.1 Å². The van der Waals surface area contributed by atoms with Crippen LogP contribution in [0.25, 0.3) is 10.8 Å². The van der Waals surface area contributed by atoms with Gasteiger partial charge in [0.05, 0.1) is 5.56 Å². The van der Waals surface area contributed by atoms with Crippen molar-refractivity contribution in [3.63, 3.8) is 0 Å². The summed E-state index contributed by atoms with van der Waals surface area (Å²) in [5, 5.41) is 2.21. The number of benzene rings is 3. The number of ether oxygens (including phenoxy) is 1.